The zero-order valence-corrected chi connectivity index (χ0v) is 13.5. The topological polar surface area (TPSA) is 73.1 Å². The number of hydrogen-bond acceptors (Lipinski definition) is 5. The summed E-state index contributed by atoms with van der Waals surface area (Å²) in [5.41, 5.74) is 0.594. The van der Waals surface area contributed by atoms with Crippen molar-refractivity contribution in [3.8, 4) is 5.75 Å². The number of carbonyl (C=O) groups is 1. The monoisotopic (exact) mass is 315 g/mol. The number of nitrogens with zero attached hydrogens (tertiary/aromatic N) is 5. The van der Waals surface area contributed by atoms with E-state index in [-0.39, 0.29) is 12.5 Å². The van der Waals surface area contributed by atoms with Gasteiger partial charge in [-0.1, -0.05) is 19.1 Å². The molecule has 1 aromatic carbocycles. The van der Waals surface area contributed by atoms with Crippen molar-refractivity contribution in [2.75, 3.05) is 13.1 Å². The molecular weight excluding hydrogens is 294 g/mol. The lowest BCUT2D eigenvalue weighted by Crippen LogP contribution is -2.39. The third kappa shape index (κ3) is 3.49. The van der Waals surface area contributed by atoms with E-state index in [2.05, 4.69) is 22.4 Å². The summed E-state index contributed by atoms with van der Waals surface area (Å²) in [6, 6.07) is 7.34. The third-order valence-electron chi connectivity index (χ3n) is 4.13. The molecule has 1 unspecified atom stereocenters. The van der Waals surface area contributed by atoms with E-state index in [9.17, 15) is 4.79 Å². The van der Waals surface area contributed by atoms with Crippen molar-refractivity contribution in [3.05, 3.63) is 35.7 Å². The summed E-state index contributed by atoms with van der Waals surface area (Å²) in [6.45, 7) is 4.03. The third-order valence-corrected chi connectivity index (χ3v) is 4.13. The van der Waals surface area contributed by atoms with Crippen LogP contribution in [0.15, 0.2) is 24.3 Å². The second kappa shape index (κ2) is 6.76. The molecule has 0 bridgehead atoms. The number of para-hydroxylation sites is 1. The standard InChI is InChI=1S/C16H21N5O2/c1-12-6-5-9-21(10-12)16(22)13-7-3-4-8-14(13)23-11-15-17-18-19-20(15)2/h3-4,7-8,12H,5-6,9-11H2,1-2H3. The van der Waals surface area contributed by atoms with Gasteiger partial charge in [0.25, 0.3) is 5.91 Å². The number of piperidine rings is 1. The molecule has 23 heavy (non-hydrogen) atoms. The summed E-state index contributed by atoms with van der Waals surface area (Å²) in [5.74, 6) is 1.76. The molecule has 3 rings (SSSR count). The Morgan fingerprint density at radius 1 is 1.39 bits per heavy atom. The van der Waals surface area contributed by atoms with Crippen LogP contribution in [0.4, 0.5) is 0 Å². The maximum atomic E-state index is 12.8. The van der Waals surface area contributed by atoms with E-state index in [1.165, 1.54) is 6.42 Å². The van der Waals surface area contributed by atoms with Crippen LogP contribution in [0, 0.1) is 5.92 Å². The van der Waals surface area contributed by atoms with E-state index >= 15 is 0 Å². The zero-order chi connectivity index (χ0) is 16.2. The van der Waals surface area contributed by atoms with Crippen LogP contribution in [0.3, 0.4) is 0 Å². The molecule has 2 aromatic rings. The second-order valence-corrected chi connectivity index (χ2v) is 6.00. The highest BCUT2D eigenvalue weighted by Gasteiger charge is 2.24. The molecule has 1 aliphatic heterocycles. The van der Waals surface area contributed by atoms with Crippen LogP contribution >= 0.6 is 0 Å². The summed E-state index contributed by atoms with van der Waals surface area (Å²) in [5, 5.41) is 11.2. The fourth-order valence-corrected chi connectivity index (χ4v) is 2.83. The molecule has 7 heteroatoms. The predicted octanol–water partition coefficient (Wildman–Crippen LogP) is 1.66. The molecule has 2 heterocycles. The van der Waals surface area contributed by atoms with Crippen molar-refractivity contribution in [1.82, 2.24) is 25.1 Å². The van der Waals surface area contributed by atoms with Crippen LogP contribution in [-0.2, 0) is 13.7 Å². The molecule has 122 valence electrons. The summed E-state index contributed by atoms with van der Waals surface area (Å²) < 4.78 is 7.34. The van der Waals surface area contributed by atoms with Gasteiger partial charge in [0, 0.05) is 20.1 Å². The van der Waals surface area contributed by atoms with Gasteiger partial charge in [0.05, 0.1) is 5.56 Å². The number of aryl methyl sites for hydroxylation is 1. The van der Waals surface area contributed by atoms with Gasteiger partial charge in [0.2, 0.25) is 0 Å². The molecule has 1 atom stereocenters. The van der Waals surface area contributed by atoms with Gasteiger partial charge >= 0.3 is 0 Å². The number of tetrazole rings is 1. The highest BCUT2D eigenvalue weighted by Crippen LogP contribution is 2.24. The van der Waals surface area contributed by atoms with Crippen LogP contribution in [0.1, 0.15) is 35.9 Å². The molecule has 1 amide bonds. The Morgan fingerprint density at radius 2 is 2.22 bits per heavy atom. The van der Waals surface area contributed by atoms with Gasteiger partial charge in [-0.2, -0.15) is 0 Å². The summed E-state index contributed by atoms with van der Waals surface area (Å²) in [4.78, 5) is 14.7. The van der Waals surface area contributed by atoms with E-state index in [1.807, 2.05) is 29.2 Å². The van der Waals surface area contributed by atoms with Crippen molar-refractivity contribution in [2.24, 2.45) is 13.0 Å². The number of benzene rings is 1. The van der Waals surface area contributed by atoms with Gasteiger partial charge in [-0.05, 0) is 41.3 Å². The average Bonchev–Trinajstić information content (AvgIpc) is 2.97. The highest BCUT2D eigenvalue weighted by molar-refractivity contribution is 5.97. The summed E-state index contributed by atoms with van der Waals surface area (Å²) in [7, 11) is 1.75. The lowest BCUT2D eigenvalue weighted by atomic mass is 9.99. The molecule has 0 radical (unpaired) electrons. The van der Waals surface area contributed by atoms with E-state index in [1.54, 1.807) is 11.7 Å². The van der Waals surface area contributed by atoms with E-state index in [0.717, 1.165) is 19.5 Å². The van der Waals surface area contributed by atoms with Crippen molar-refractivity contribution < 1.29 is 9.53 Å². The van der Waals surface area contributed by atoms with Gasteiger partial charge in [-0.3, -0.25) is 4.79 Å². The number of likely N-dealkylation sites (tertiary alicyclic amines) is 1. The van der Waals surface area contributed by atoms with Crippen molar-refractivity contribution in [2.45, 2.75) is 26.4 Å². The van der Waals surface area contributed by atoms with Crippen LogP contribution in [0.5, 0.6) is 5.75 Å². The molecule has 7 nitrogen and oxygen atoms in total. The normalized spacial score (nSPS) is 18.0. The molecule has 1 fully saturated rings. The Bertz CT molecular complexity index is 685. The largest absolute Gasteiger partial charge is 0.485 e. The Labute approximate surface area is 135 Å². The predicted molar refractivity (Wildman–Crippen MR) is 83.9 cm³/mol. The Morgan fingerprint density at radius 3 is 2.96 bits per heavy atom. The fourth-order valence-electron chi connectivity index (χ4n) is 2.83. The molecule has 0 N–H and O–H groups in total. The number of aromatic nitrogens is 4. The first-order valence-corrected chi connectivity index (χ1v) is 7.87. The lowest BCUT2D eigenvalue weighted by Gasteiger charge is -2.31. The number of rotatable bonds is 4. The fraction of sp³-hybridized carbons (Fsp3) is 0.500. The van der Waals surface area contributed by atoms with Crippen LogP contribution in [-0.4, -0.2) is 44.1 Å². The molecular formula is C16H21N5O2. The summed E-state index contributed by atoms with van der Waals surface area (Å²) >= 11 is 0. The molecule has 0 spiro atoms. The molecule has 1 aliphatic rings. The minimum atomic E-state index is 0.0308. The Kier molecular flexibility index (Phi) is 4.55. The first-order valence-electron chi connectivity index (χ1n) is 7.87. The first-order chi connectivity index (χ1) is 11.1. The summed E-state index contributed by atoms with van der Waals surface area (Å²) in [6.07, 6.45) is 2.24. The van der Waals surface area contributed by atoms with Gasteiger partial charge in [-0.15, -0.1) is 5.10 Å². The van der Waals surface area contributed by atoms with Crippen LogP contribution in [0.25, 0.3) is 0 Å². The number of hydrogen-bond donors (Lipinski definition) is 0. The number of carbonyl (C=O) groups excluding carboxylic acids is 1. The minimum absolute atomic E-state index is 0.0308. The zero-order valence-electron chi connectivity index (χ0n) is 13.5. The Balaban J connectivity index is 1.74. The second-order valence-electron chi connectivity index (χ2n) is 6.00. The number of ether oxygens (including phenoxy) is 1. The highest BCUT2D eigenvalue weighted by atomic mass is 16.5. The molecule has 0 aliphatic carbocycles. The van der Waals surface area contributed by atoms with Crippen LogP contribution in [0.2, 0.25) is 0 Å². The molecule has 1 saturated heterocycles. The smallest absolute Gasteiger partial charge is 0.257 e. The molecule has 1 aromatic heterocycles. The van der Waals surface area contributed by atoms with Gasteiger partial charge in [0.15, 0.2) is 5.82 Å². The maximum absolute atomic E-state index is 12.8. The minimum Gasteiger partial charge on any atom is -0.485 e. The van der Waals surface area contributed by atoms with E-state index in [0.29, 0.717) is 23.1 Å². The van der Waals surface area contributed by atoms with Crippen molar-refractivity contribution in [1.29, 1.82) is 0 Å². The Hall–Kier alpha value is -2.44. The lowest BCUT2D eigenvalue weighted by molar-refractivity contribution is 0.0678. The maximum Gasteiger partial charge on any atom is 0.257 e. The SMILES string of the molecule is CC1CCCN(C(=O)c2ccccc2OCc2nnnn2C)C1. The first kappa shape index (κ1) is 15.5. The van der Waals surface area contributed by atoms with Crippen molar-refractivity contribution in [3.63, 3.8) is 0 Å². The van der Waals surface area contributed by atoms with Gasteiger partial charge < -0.3 is 9.64 Å². The van der Waals surface area contributed by atoms with E-state index in [4.69, 9.17) is 4.74 Å². The van der Waals surface area contributed by atoms with Crippen molar-refractivity contribution >= 4 is 5.91 Å². The number of amides is 1. The van der Waals surface area contributed by atoms with Gasteiger partial charge in [-0.25, -0.2) is 4.68 Å². The molecule has 0 saturated carbocycles. The van der Waals surface area contributed by atoms with E-state index < -0.39 is 0 Å². The average molecular weight is 315 g/mol. The quantitative estimate of drug-likeness (QED) is 0.858. The van der Waals surface area contributed by atoms with Crippen LogP contribution < -0.4 is 4.74 Å². The van der Waals surface area contributed by atoms with Gasteiger partial charge in [0.1, 0.15) is 12.4 Å².